The first kappa shape index (κ1) is 15.7. The van der Waals surface area contributed by atoms with Crippen LogP contribution < -0.4 is 5.32 Å². The van der Waals surface area contributed by atoms with E-state index in [1.165, 1.54) is 5.56 Å². The maximum Gasteiger partial charge on any atom is 0.225 e. The molecule has 2 atom stereocenters. The smallest absolute Gasteiger partial charge is 0.225 e. The third-order valence-electron chi connectivity index (χ3n) is 4.83. The van der Waals surface area contributed by atoms with E-state index in [9.17, 15) is 4.79 Å². The van der Waals surface area contributed by atoms with Crippen LogP contribution in [0.25, 0.3) is 11.3 Å². The molecule has 0 bridgehead atoms. The Morgan fingerprint density at radius 2 is 2.13 bits per heavy atom. The number of hydrogen-bond donors (Lipinski definition) is 2. The first-order valence-electron chi connectivity index (χ1n) is 8.13. The predicted molar refractivity (Wildman–Crippen MR) is 90.8 cm³/mol. The number of aromatic nitrogens is 2. The van der Waals surface area contributed by atoms with Gasteiger partial charge in [-0.15, -0.1) is 0 Å². The summed E-state index contributed by atoms with van der Waals surface area (Å²) in [5.74, 6) is 0.981. The number of likely N-dealkylation sites (tertiary alicyclic amines) is 1. The fourth-order valence-electron chi connectivity index (χ4n) is 3.08. The molecule has 5 heteroatoms. The summed E-state index contributed by atoms with van der Waals surface area (Å²) < 4.78 is 0. The number of carbonyl (C=O) groups is 1. The number of aromatic amines is 1. The summed E-state index contributed by atoms with van der Waals surface area (Å²) in [4.78, 5) is 22.2. The fourth-order valence-corrected chi connectivity index (χ4v) is 3.08. The van der Waals surface area contributed by atoms with E-state index in [0.29, 0.717) is 12.6 Å². The molecule has 2 N–H and O–H groups in total. The number of benzene rings is 1. The zero-order valence-corrected chi connectivity index (χ0v) is 14.0. The van der Waals surface area contributed by atoms with E-state index < -0.39 is 0 Å². The van der Waals surface area contributed by atoms with Crippen molar-refractivity contribution in [2.24, 2.45) is 5.92 Å². The minimum absolute atomic E-state index is 0.0755. The average Bonchev–Trinajstić information content (AvgIpc) is 3.14. The molecule has 2 heterocycles. The molecule has 0 radical (unpaired) electrons. The molecule has 0 spiro atoms. The molecule has 5 nitrogen and oxygen atoms in total. The van der Waals surface area contributed by atoms with Gasteiger partial charge in [0.2, 0.25) is 5.91 Å². The Labute approximate surface area is 137 Å². The lowest BCUT2D eigenvalue weighted by molar-refractivity contribution is -0.125. The van der Waals surface area contributed by atoms with Gasteiger partial charge in [0, 0.05) is 6.04 Å². The van der Waals surface area contributed by atoms with Gasteiger partial charge < -0.3 is 15.2 Å². The number of H-pyrrole nitrogens is 1. The molecule has 3 rings (SSSR count). The van der Waals surface area contributed by atoms with Crippen LogP contribution in [0.15, 0.2) is 30.5 Å². The lowest BCUT2D eigenvalue weighted by Crippen LogP contribution is -2.37. The largest absolute Gasteiger partial charge is 0.349 e. The van der Waals surface area contributed by atoms with Gasteiger partial charge in [0.25, 0.3) is 0 Å². The SMILES string of the molecule is Cc1ccc(-c2cnc(CNC(=O)[C@@H]3CCN(C)[C@@H]3C)[nH]2)cc1. The first-order chi connectivity index (χ1) is 11.0. The van der Waals surface area contributed by atoms with Crippen LogP contribution in [0.1, 0.15) is 24.7 Å². The molecule has 0 aliphatic carbocycles. The minimum atomic E-state index is 0.0755. The van der Waals surface area contributed by atoms with E-state index in [4.69, 9.17) is 0 Å². The number of nitrogens with one attached hydrogen (secondary N) is 2. The zero-order chi connectivity index (χ0) is 16.4. The van der Waals surface area contributed by atoms with Gasteiger partial charge in [0.05, 0.1) is 24.4 Å². The van der Waals surface area contributed by atoms with E-state index in [1.54, 1.807) is 0 Å². The highest BCUT2D eigenvalue weighted by molar-refractivity contribution is 5.79. The van der Waals surface area contributed by atoms with Crippen molar-refractivity contribution in [3.63, 3.8) is 0 Å². The van der Waals surface area contributed by atoms with E-state index in [0.717, 1.165) is 30.0 Å². The molecule has 0 unspecified atom stereocenters. The van der Waals surface area contributed by atoms with Crippen LogP contribution in [0, 0.1) is 12.8 Å². The van der Waals surface area contributed by atoms with E-state index in [1.807, 2.05) is 6.20 Å². The molecule has 2 aromatic rings. The molecular weight excluding hydrogens is 288 g/mol. The molecule has 122 valence electrons. The van der Waals surface area contributed by atoms with Crippen LogP contribution in [0.2, 0.25) is 0 Å². The van der Waals surface area contributed by atoms with Gasteiger partial charge in [-0.3, -0.25) is 4.79 Å². The van der Waals surface area contributed by atoms with Gasteiger partial charge in [0.1, 0.15) is 5.82 Å². The number of rotatable bonds is 4. The van der Waals surface area contributed by atoms with Crippen LogP contribution >= 0.6 is 0 Å². The predicted octanol–water partition coefficient (Wildman–Crippen LogP) is 2.34. The maximum absolute atomic E-state index is 12.3. The van der Waals surface area contributed by atoms with Gasteiger partial charge in [0.15, 0.2) is 0 Å². The molecule has 1 aliphatic rings. The van der Waals surface area contributed by atoms with Crippen LogP contribution in [-0.2, 0) is 11.3 Å². The Kier molecular flexibility index (Phi) is 4.48. The summed E-state index contributed by atoms with van der Waals surface area (Å²) >= 11 is 0. The molecule has 1 aliphatic heterocycles. The van der Waals surface area contributed by atoms with Gasteiger partial charge in [-0.1, -0.05) is 29.8 Å². The van der Waals surface area contributed by atoms with Crippen LogP contribution in [0.3, 0.4) is 0 Å². The van der Waals surface area contributed by atoms with Gasteiger partial charge in [-0.25, -0.2) is 4.98 Å². The fraction of sp³-hybridized carbons (Fsp3) is 0.444. The highest BCUT2D eigenvalue weighted by Crippen LogP contribution is 2.22. The Balaban J connectivity index is 1.59. The molecule has 1 amide bonds. The number of amides is 1. The summed E-state index contributed by atoms with van der Waals surface area (Å²) in [6, 6.07) is 8.60. The van der Waals surface area contributed by atoms with Crippen LogP contribution in [0.5, 0.6) is 0 Å². The third-order valence-corrected chi connectivity index (χ3v) is 4.83. The van der Waals surface area contributed by atoms with Crippen molar-refractivity contribution in [2.45, 2.75) is 32.9 Å². The van der Waals surface area contributed by atoms with Crippen molar-refractivity contribution in [2.75, 3.05) is 13.6 Å². The number of nitrogens with zero attached hydrogens (tertiary/aromatic N) is 2. The van der Waals surface area contributed by atoms with Crippen molar-refractivity contribution >= 4 is 5.91 Å². The highest BCUT2D eigenvalue weighted by Gasteiger charge is 2.33. The molecule has 23 heavy (non-hydrogen) atoms. The zero-order valence-electron chi connectivity index (χ0n) is 14.0. The van der Waals surface area contributed by atoms with Crippen LogP contribution in [0.4, 0.5) is 0 Å². The van der Waals surface area contributed by atoms with Crippen molar-refractivity contribution in [1.29, 1.82) is 0 Å². The number of imidazole rings is 1. The second-order valence-electron chi connectivity index (χ2n) is 6.44. The normalized spacial score (nSPS) is 21.5. The number of aryl methyl sites for hydroxylation is 1. The highest BCUT2D eigenvalue weighted by atomic mass is 16.2. The molecule has 1 fully saturated rings. The Morgan fingerprint density at radius 3 is 2.78 bits per heavy atom. The Bertz CT molecular complexity index is 677. The monoisotopic (exact) mass is 312 g/mol. The summed E-state index contributed by atoms with van der Waals surface area (Å²) in [5, 5.41) is 3.01. The molecule has 0 saturated carbocycles. The van der Waals surface area contributed by atoms with Crippen molar-refractivity contribution in [3.8, 4) is 11.3 Å². The standard InChI is InChI=1S/C18H24N4O/c1-12-4-6-14(7-5-12)16-10-19-17(21-16)11-20-18(23)15-8-9-22(3)13(15)2/h4-7,10,13,15H,8-9,11H2,1-3H3,(H,19,21)(H,20,23)/t13-,15-/m1/s1. The van der Waals surface area contributed by atoms with Crippen molar-refractivity contribution < 1.29 is 4.79 Å². The molecule has 1 saturated heterocycles. The number of carbonyl (C=O) groups excluding carboxylic acids is 1. The third kappa shape index (κ3) is 3.45. The van der Waals surface area contributed by atoms with E-state index in [2.05, 4.69) is 65.3 Å². The van der Waals surface area contributed by atoms with E-state index in [-0.39, 0.29) is 11.8 Å². The topological polar surface area (TPSA) is 61.0 Å². The van der Waals surface area contributed by atoms with Crippen molar-refractivity contribution in [1.82, 2.24) is 20.2 Å². The molecule has 1 aromatic carbocycles. The van der Waals surface area contributed by atoms with Gasteiger partial charge in [-0.2, -0.15) is 0 Å². The van der Waals surface area contributed by atoms with Gasteiger partial charge in [-0.05, 0) is 39.4 Å². The second-order valence-corrected chi connectivity index (χ2v) is 6.44. The lowest BCUT2D eigenvalue weighted by atomic mass is 10.0. The second kappa shape index (κ2) is 6.54. The molecule has 1 aromatic heterocycles. The molecular formula is C18H24N4O. The summed E-state index contributed by atoms with van der Waals surface area (Å²) in [6.45, 7) is 5.61. The summed E-state index contributed by atoms with van der Waals surface area (Å²) in [5.41, 5.74) is 3.31. The maximum atomic E-state index is 12.3. The summed E-state index contributed by atoms with van der Waals surface area (Å²) in [6.07, 6.45) is 2.74. The Morgan fingerprint density at radius 1 is 1.39 bits per heavy atom. The quantitative estimate of drug-likeness (QED) is 0.911. The lowest BCUT2D eigenvalue weighted by Gasteiger charge is -2.19. The van der Waals surface area contributed by atoms with E-state index >= 15 is 0 Å². The average molecular weight is 312 g/mol. The number of hydrogen-bond acceptors (Lipinski definition) is 3. The van der Waals surface area contributed by atoms with Crippen molar-refractivity contribution in [3.05, 3.63) is 41.9 Å². The van der Waals surface area contributed by atoms with Gasteiger partial charge >= 0.3 is 0 Å². The van der Waals surface area contributed by atoms with Crippen LogP contribution in [-0.4, -0.2) is 40.4 Å². The summed E-state index contributed by atoms with van der Waals surface area (Å²) in [7, 11) is 2.07. The Hall–Kier alpha value is -2.14. The first-order valence-corrected chi connectivity index (χ1v) is 8.13. The minimum Gasteiger partial charge on any atom is -0.349 e.